The second kappa shape index (κ2) is 5.88. The van der Waals surface area contributed by atoms with Gasteiger partial charge >= 0.3 is 0 Å². The van der Waals surface area contributed by atoms with Gasteiger partial charge in [-0.15, -0.1) is 0 Å². The van der Waals surface area contributed by atoms with Crippen molar-refractivity contribution in [3.63, 3.8) is 0 Å². The van der Waals surface area contributed by atoms with E-state index in [4.69, 9.17) is 0 Å². The van der Waals surface area contributed by atoms with Crippen LogP contribution < -0.4 is 5.32 Å². The first-order valence-electron chi connectivity index (χ1n) is 7.42. The zero-order valence-corrected chi connectivity index (χ0v) is 12.4. The Morgan fingerprint density at radius 2 is 1.87 bits per heavy atom. The molecule has 3 aromatic heterocycles. The summed E-state index contributed by atoms with van der Waals surface area (Å²) in [5.74, 6) is 0. The third-order valence-corrected chi connectivity index (χ3v) is 3.68. The van der Waals surface area contributed by atoms with E-state index in [1.807, 2.05) is 36.7 Å². The van der Waals surface area contributed by atoms with Gasteiger partial charge in [0.25, 0.3) is 0 Å². The molecule has 0 aliphatic heterocycles. The van der Waals surface area contributed by atoms with Crippen molar-refractivity contribution in [1.29, 1.82) is 0 Å². The summed E-state index contributed by atoms with van der Waals surface area (Å²) in [4.78, 5) is 15.9. The second-order valence-electron chi connectivity index (χ2n) is 5.26. The molecular formula is C18H15N5. The number of aromatic amines is 1. The van der Waals surface area contributed by atoms with Crippen LogP contribution in [0.15, 0.2) is 67.3 Å². The molecular weight excluding hydrogens is 286 g/mol. The Morgan fingerprint density at radius 1 is 0.957 bits per heavy atom. The van der Waals surface area contributed by atoms with Crippen LogP contribution in [-0.4, -0.2) is 19.9 Å². The minimum absolute atomic E-state index is 0.736. The third-order valence-electron chi connectivity index (χ3n) is 3.68. The molecule has 0 atom stereocenters. The van der Waals surface area contributed by atoms with Crippen LogP contribution in [0.2, 0.25) is 0 Å². The van der Waals surface area contributed by atoms with Crippen LogP contribution in [-0.2, 0) is 6.54 Å². The van der Waals surface area contributed by atoms with Gasteiger partial charge < -0.3 is 10.3 Å². The average Bonchev–Trinajstić information content (AvgIpc) is 3.09. The van der Waals surface area contributed by atoms with Gasteiger partial charge in [0.1, 0.15) is 5.52 Å². The lowest BCUT2D eigenvalue weighted by Crippen LogP contribution is -1.99. The molecule has 0 spiro atoms. The van der Waals surface area contributed by atoms with Crippen molar-refractivity contribution in [3.05, 3.63) is 72.8 Å². The molecule has 0 aliphatic rings. The number of imidazole rings is 1. The molecule has 4 aromatic rings. The monoisotopic (exact) mass is 301 g/mol. The third kappa shape index (κ3) is 2.89. The zero-order chi connectivity index (χ0) is 15.5. The number of hydrogen-bond acceptors (Lipinski definition) is 4. The van der Waals surface area contributed by atoms with E-state index in [0.717, 1.165) is 34.7 Å². The molecule has 0 radical (unpaired) electrons. The van der Waals surface area contributed by atoms with Crippen molar-refractivity contribution in [2.45, 2.75) is 6.54 Å². The van der Waals surface area contributed by atoms with Gasteiger partial charge in [-0.3, -0.25) is 4.98 Å². The first-order chi connectivity index (χ1) is 11.4. The normalized spacial score (nSPS) is 10.8. The number of H-pyrrole nitrogens is 1. The van der Waals surface area contributed by atoms with Crippen molar-refractivity contribution in [3.8, 4) is 11.3 Å². The minimum atomic E-state index is 0.736. The molecule has 0 fully saturated rings. The van der Waals surface area contributed by atoms with Gasteiger partial charge in [0.2, 0.25) is 0 Å². The van der Waals surface area contributed by atoms with E-state index in [1.54, 1.807) is 6.33 Å². The molecule has 5 heteroatoms. The van der Waals surface area contributed by atoms with E-state index in [1.165, 1.54) is 5.56 Å². The molecule has 0 unspecified atom stereocenters. The summed E-state index contributed by atoms with van der Waals surface area (Å²) < 4.78 is 0. The van der Waals surface area contributed by atoms with Crippen LogP contribution in [0, 0.1) is 0 Å². The van der Waals surface area contributed by atoms with Crippen LogP contribution in [0.1, 0.15) is 5.56 Å². The molecule has 4 rings (SSSR count). The highest BCUT2D eigenvalue weighted by atomic mass is 15.0. The van der Waals surface area contributed by atoms with Gasteiger partial charge in [0.15, 0.2) is 5.65 Å². The van der Waals surface area contributed by atoms with Gasteiger partial charge in [0.05, 0.1) is 23.9 Å². The molecule has 3 heterocycles. The Hall–Kier alpha value is -3.21. The van der Waals surface area contributed by atoms with Crippen LogP contribution in [0.4, 0.5) is 5.69 Å². The number of anilines is 1. The van der Waals surface area contributed by atoms with Gasteiger partial charge in [-0.2, -0.15) is 0 Å². The number of aromatic nitrogens is 4. The van der Waals surface area contributed by atoms with E-state index in [2.05, 4.69) is 49.5 Å². The first-order valence-corrected chi connectivity index (χ1v) is 7.42. The molecule has 112 valence electrons. The predicted molar refractivity (Wildman–Crippen MR) is 90.9 cm³/mol. The molecule has 23 heavy (non-hydrogen) atoms. The number of benzene rings is 1. The van der Waals surface area contributed by atoms with Gasteiger partial charge in [-0.05, 0) is 23.8 Å². The Labute approximate surface area is 133 Å². The fourth-order valence-corrected chi connectivity index (χ4v) is 2.45. The van der Waals surface area contributed by atoms with Gasteiger partial charge in [-0.1, -0.05) is 30.3 Å². The summed E-state index contributed by atoms with van der Waals surface area (Å²) in [5, 5.41) is 3.37. The van der Waals surface area contributed by atoms with Crippen LogP contribution in [0.3, 0.4) is 0 Å². The lowest BCUT2D eigenvalue weighted by Gasteiger charge is -2.07. The Kier molecular flexibility index (Phi) is 3.44. The maximum atomic E-state index is 4.36. The van der Waals surface area contributed by atoms with Crippen molar-refractivity contribution < 1.29 is 0 Å². The highest BCUT2D eigenvalue weighted by Gasteiger charge is 2.01. The van der Waals surface area contributed by atoms with Crippen molar-refractivity contribution in [1.82, 2.24) is 19.9 Å². The van der Waals surface area contributed by atoms with E-state index in [0.29, 0.717) is 0 Å². The summed E-state index contributed by atoms with van der Waals surface area (Å²) in [6, 6.07) is 16.3. The maximum Gasteiger partial charge on any atom is 0.157 e. The van der Waals surface area contributed by atoms with Crippen molar-refractivity contribution in [2.75, 3.05) is 5.32 Å². The van der Waals surface area contributed by atoms with E-state index >= 15 is 0 Å². The van der Waals surface area contributed by atoms with Crippen LogP contribution >= 0.6 is 0 Å². The van der Waals surface area contributed by atoms with Crippen LogP contribution in [0.25, 0.3) is 22.4 Å². The lowest BCUT2D eigenvalue weighted by molar-refractivity contribution is 1.14. The van der Waals surface area contributed by atoms with E-state index in [-0.39, 0.29) is 0 Å². The molecule has 0 bridgehead atoms. The summed E-state index contributed by atoms with van der Waals surface area (Å²) in [7, 11) is 0. The summed E-state index contributed by atoms with van der Waals surface area (Å²) >= 11 is 0. The molecule has 5 nitrogen and oxygen atoms in total. The topological polar surface area (TPSA) is 66.5 Å². The molecule has 1 aromatic carbocycles. The number of nitrogens with zero attached hydrogens (tertiary/aromatic N) is 3. The highest BCUT2D eigenvalue weighted by Crippen LogP contribution is 2.18. The van der Waals surface area contributed by atoms with Gasteiger partial charge in [0, 0.05) is 18.3 Å². The van der Waals surface area contributed by atoms with Crippen LogP contribution in [0.5, 0.6) is 0 Å². The Morgan fingerprint density at radius 3 is 2.70 bits per heavy atom. The molecule has 0 aliphatic carbocycles. The summed E-state index contributed by atoms with van der Waals surface area (Å²) in [6.07, 6.45) is 5.27. The predicted octanol–water partition coefficient (Wildman–Crippen LogP) is 3.63. The lowest BCUT2D eigenvalue weighted by atomic mass is 10.1. The van der Waals surface area contributed by atoms with Gasteiger partial charge in [-0.25, -0.2) is 9.97 Å². The second-order valence-corrected chi connectivity index (χ2v) is 5.26. The molecule has 0 saturated heterocycles. The Balaban J connectivity index is 1.46. The number of nitrogens with one attached hydrogen (secondary N) is 2. The van der Waals surface area contributed by atoms with E-state index in [9.17, 15) is 0 Å². The number of hydrogen-bond donors (Lipinski definition) is 2. The molecule has 0 amide bonds. The minimum Gasteiger partial charge on any atom is -0.380 e. The molecule has 0 saturated carbocycles. The van der Waals surface area contributed by atoms with Crippen molar-refractivity contribution in [2.24, 2.45) is 0 Å². The Bertz CT molecular complexity index is 913. The average molecular weight is 301 g/mol. The zero-order valence-electron chi connectivity index (χ0n) is 12.4. The highest BCUT2D eigenvalue weighted by molar-refractivity contribution is 5.74. The SMILES string of the molecule is c1ccc(-c2ccc(CNc3cnc4[nH]cnc4c3)cc2)nc1. The number of pyridine rings is 2. The summed E-state index contributed by atoms with van der Waals surface area (Å²) in [6.45, 7) is 0.736. The molecule has 2 N–H and O–H groups in total. The standard InChI is InChI=1S/C18H15N5/c1-2-8-19-16(3-1)14-6-4-13(5-7-14)10-20-15-9-17-18(21-11-15)23-12-22-17/h1-9,11-12,20H,10H2,(H,21,22,23). The maximum absolute atomic E-state index is 4.36. The fourth-order valence-electron chi connectivity index (χ4n) is 2.45. The summed E-state index contributed by atoms with van der Waals surface area (Å²) in [5.41, 5.74) is 5.93. The number of fused-ring (bicyclic) bond motifs is 1. The smallest absolute Gasteiger partial charge is 0.157 e. The fraction of sp³-hybridized carbons (Fsp3) is 0.0556. The number of rotatable bonds is 4. The first kappa shape index (κ1) is 13.5. The largest absolute Gasteiger partial charge is 0.380 e. The quantitative estimate of drug-likeness (QED) is 0.604. The van der Waals surface area contributed by atoms with E-state index < -0.39 is 0 Å². The van der Waals surface area contributed by atoms with Crippen molar-refractivity contribution >= 4 is 16.9 Å².